The third-order valence-corrected chi connectivity index (χ3v) is 11.3. The predicted octanol–water partition coefficient (Wildman–Crippen LogP) is 11.3. The largest absolute Gasteiger partial charge is 0.384 e. The van der Waals surface area contributed by atoms with Crippen molar-refractivity contribution in [3.05, 3.63) is 137 Å². The SMILES string of the molecule is CCCCCCCCCCCCC1=C2C3=C(C=C[C@]2(C)C(n2cnc4ccccc42)=C1)[C@]1(C)CC(NCc2ccncc2)=CC=C1C=C3. The van der Waals surface area contributed by atoms with Gasteiger partial charge in [0.05, 0.1) is 16.4 Å². The van der Waals surface area contributed by atoms with Gasteiger partial charge in [0.15, 0.2) is 0 Å². The number of rotatable bonds is 15. The zero-order valence-electron chi connectivity index (χ0n) is 29.3. The Morgan fingerprint density at radius 1 is 0.833 bits per heavy atom. The maximum absolute atomic E-state index is 4.81. The number of hydrogen-bond donors (Lipinski definition) is 1. The van der Waals surface area contributed by atoms with E-state index in [1.807, 2.05) is 18.7 Å². The summed E-state index contributed by atoms with van der Waals surface area (Å²) >= 11 is 0. The molecule has 7 rings (SSSR count). The Labute approximate surface area is 287 Å². The van der Waals surface area contributed by atoms with Crippen molar-refractivity contribution >= 4 is 16.7 Å². The van der Waals surface area contributed by atoms with E-state index in [9.17, 15) is 0 Å². The molecule has 2 heterocycles. The van der Waals surface area contributed by atoms with Gasteiger partial charge in [-0.25, -0.2) is 4.98 Å². The van der Waals surface area contributed by atoms with Crippen LogP contribution in [0.2, 0.25) is 0 Å². The lowest BCUT2D eigenvalue weighted by molar-refractivity contribution is 0.459. The minimum atomic E-state index is -0.217. The number of aromatic nitrogens is 3. The Bertz CT molecular complexity index is 1860. The predicted molar refractivity (Wildman–Crippen MR) is 201 cm³/mol. The van der Waals surface area contributed by atoms with Crippen molar-refractivity contribution in [3.8, 4) is 0 Å². The number of nitrogens with one attached hydrogen (secondary N) is 1. The van der Waals surface area contributed by atoms with E-state index < -0.39 is 0 Å². The summed E-state index contributed by atoms with van der Waals surface area (Å²) < 4.78 is 2.35. The number of nitrogens with zero attached hydrogens (tertiary/aromatic N) is 3. The van der Waals surface area contributed by atoms with Gasteiger partial charge in [-0.2, -0.15) is 0 Å². The second-order valence-electron chi connectivity index (χ2n) is 14.7. The number of unbranched alkanes of at least 4 members (excludes halogenated alkanes) is 9. The summed E-state index contributed by atoms with van der Waals surface area (Å²) in [6.07, 6.45) is 38.3. The molecule has 0 amide bonds. The quantitative estimate of drug-likeness (QED) is 0.169. The van der Waals surface area contributed by atoms with Crippen LogP contribution in [-0.2, 0) is 6.54 Å². The fourth-order valence-corrected chi connectivity index (χ4v) is 8.49. The first-order valence-electron chi connectivity index (χ1n) is 18.6. The van der Waals surface area contributed by atoms with Crippen molar-refractivity contribution in [2.75, 3.05) is 0 Å². The second-order valence-corrected chi connectivity index (χ2v) is 14.7. The third-order valence-electron chi connectivity index (χ3n) is 11.3. The molecule has 0 aliphatic heterocycles. The maximum Gasteiger partial charge on any atom is 0.100 e. The minimum absolute atomic E-state index is 0.0864. The van der Waals surface area contributed by atoms with Crippen molar-refractivity contribution in [1.82, 2.24) is 19.9 Å². The zero-order chi connectivity index (χ0) is 33.0. The van der Waals surface area contributed by atoms with Crippen molar-refractivity contribution in [2.45, 2.75) is 104 Å². The van der Waals surface area contributed by atoms with Gasteiger partial charge in [-0.05, 0) is 89.6 Å². The van der Waals surface area contributed by atoms with Gasteiger partial charge >= 0.3 is 0 Å². The first kappa shape index (κ1) is 32.4. The molecule has 3 aromatic rings. The molecule has 1 N–H and O–H groups in total. The molecule has 4 aliphatic carbocycles. The van der Waals surface area contributed by atoms with E-state index in [0.29, 0.717) is 0 Å². The highest BCUT2D eigenvalue weighted by molar-refractivity contribution is 5.86. The molecule has 0 bridgehead atoms. The maximum atomic E-state index is 4.81. The summed E-state index contributed by atoms with van der Waals surface area (Å²) in [6.45, 7) is 7.98. The lowest BCUT2D eigenvalue weighted by atomic mass is 9.60. The van der Waals surface area contributed by atoms with Crippen LogP contribution in [0.15, 0.2) is 131 Å². The highest BCUT2D eigenvalue weighted by Gasteiger charge is 2.47. The molecule has 248 valence electrons. The van der Waals surface area contributed by atoms with Crippen LogP contribution in [0.1, 0.15) is 103 Å². The van der Waals surface area contributed by atoms with Crippen LogP contribution < -0.4 is 5.32 Å². The van der Waals surface area contributed by atoms with Crippen LogP contribution in [0.3, 0.4) is 0 Å². The summed E-state index contributed by atoms with van der Waals surface area (Å²) in [5.41, 5.74) is 13.1. The van der Waals surface area contributed by atoms with E-state index in [1.165, 1.54) is 115 Å². The number of hydrogen-bond acceptors (Lipinski definition) is 3. The molecule has 0 saturated carbocycles. The van der Waals surface area contributed by atoms with Crippen molar-refractivity contribution < 1.29 is 0 Å². The molecule has 4 aliphatic rings. The monoisotopic (exact) mass is 636 g/mol. The van der Waals surface area contributed by atoms with Gasteiger partial charge < -0.3 is 9.88 Å². The Morgan fingerprint density at radius 3 is 2.38 bits per heavy atom. The lowest BCUT2D eigenvalue weighted by Crippen LogP contribution is -2.33. The van der Waals surface area contributed by atoms with Gasteiger partial charge in [0, 0.05) is 42.2 Å². The number of pyridine rings is 1. The summed E-state index contributed by atoms with van der Waals surface area (Å²) in [5.74, 6) is 0. The Kier molecular flexibility index (Phi) is 9.52. The van der Waals surface area contributed by atoms with Gasteiger partial charge in [-0.1, -0.05) is 114 Å². The third kappa shape index (κ3) is 6.22. The Morgan fingerprint density at radius 2 is 1.58 bits per heavy atom. The first-order chi connectivity index (χ1) is 23.5. The molecular weight excluding hydrogens is 585 g/mol. The fourth-order valence-electron chi connectivity index (χ4n) is 8.49. The molecule has 0 radical (unpaired) electrons. The molecule has 0 spiro atoms. The van der Waals surface area contributed by atoms with Crippen LogP contribution in [-0.4, -0.2) is 14.5 Å². The standard InChI is InChI=1S/C44H52N4/c1-4-5-6-7-8-9-10-11-12-13-16-34-29-41(48-32-47-39-17-14-15-18-40(39)48)43(2)26-23-38-37(42(34)43)22-20-35-19-21-36(30-44(35,38)3)46-31-33-24-27-45-28-25-33/h14-15,17-29,32,46H,4-13,16,30-31H2,1-3H3/t43-,44-/m1/s1. The van der Waals surface area contributed by atoms with Gasteiger partial charge in [-0.3, -0.25) is 4.98 Å². The average Bonchev–Trinajstić information content (AvgIpc) is 3.66. The molecule has 1 aromatic carbocycles. The molecule has 4 nitrogen and oxygen atoms in total. The molecular formula is C44H52N4. The van der Waals surface area contributed by atoms with Crippen LogP contribution in [0.25, 0.3) is 16.7 Å². The summed E-state index contributed by atoms with van der Waals surface area (Å²) in [6, 6.07) is 12.7. The molecule has 0 saturated heterocycles. The molecule has 0 unspecified atom stereocenters. The number of fused-ring (bicyclic) bond motifs is 5. The van der Waals surface area contributed by atoms with E-state index >= 15 is 0 Å². The summed E-state index contributed by atoms with van der Waals surface area (Å²) in [4.78, 5) is 8.99. The summed E-state index contributed by atoms with van der Waals surface area (Å²) in [5, 5.41) is 3.74. The van der Waals surface area contributed by atoms with E-state index in [-0.39, 0.29) is 10.8 Å². The topological polar surface area (TPSA) is 42.7 Å². The van der Waals surface area contributed by atoms with Gasteiger partial charge in [0.25, 0.3) is 0 Å². The smallest absolute Gasteiger partial charge is 0.100 e. The number of benzene rings is 1. The van der Waals surface area contributed by atoms with Gasteiger partial charge in [-0.15, -0.1) is 0 Å². The van der Waals surface area contributed by atoms with Crippen LogP contribution in [0.4, 0.5) is 0 Å². The van der Waals surface area contributed by atoms with E-state index in [4.69, 9.17) is 4.98 Å². The van der Waals surface area contributed by atoms with Crippen molar-refractivity contribution in [2.24, 2.45) is 10.8 Å². The van der Waals surface area contributed by atoms with Crippen LogP contribution in [0, 0.1) is 10.8 Å². The van der Waals surface area contributed by atoms with Crippen molar-refractivity contribution in [3.63, 3.8) is 0 Å². The van der Waals surface area contributed by atoms with Gasteiger partial charge in [0.2, 0.25) is 0 Å². The summed E-state index contributed by atoms with van der Waals surface area (Å²) in [7, 11) is 0. The molecule has 0 fully saturated rings. The first-order valence-corrected chi connectivity index (χ1v) is 18.6. The van der Waals surface area contributed by atoms with Gasteiger partial charge in [0.1, 0.15) is 6.33 Å². The number of imidazole rings is 1. The molecule has 2 aromatic heterocycles. The Hall–Kier alpha value is -4.18. The van der Waals surface area contributed by atoms with Crippen LogP contribution >= 0.6 is 0 Å². The number of allylic oxidation sites excluding steroid dienone is 14. The molecule has 2 atom stereocenters. The Balaban J connectivity index is 1.14. The highest BCUT2D eigenvalue weighted by atomic mass is 15.1. The average molecular weight is 637 g/mol. The number of para-hydroxylation sites is 2. The van der Waals surface area contributed by atoms with E-state index in [2.05, 4.69) is 115 Å². The molecule has 48 heavy (non-hydrogen) atoms. The molecule has 4 heteroatoms. The lowest BCUT2D eigenvalue weighted by Gasteiger charge is -2.44. The fraction of sp³-hybridized carbons (Fsp3) is 0.409. The van der Waals surface area contributed by atoms with Crippen molar-refractivity contribution in [1.29, 1.82) is 0 Å². The minimum Gasteiger partial charge on any atom is -0.384 e. The van der Waals surface area contributed by atoms with E-state index in [1.54, 1.807) is 0 Å². The van der Waals surface area contributed by atoms with Crippen LogP contribution in [0.5, 0.6) is 0 Å². The highest BCUT2D eigenvalue weighted by Crippen LogP contribution is 2.59. The normalized spacial score (nSPS) is 22.8. The van der Waals surface area contributed by atoms with E-state index in [0.717, 1.165) is 24.9 Å². The zero-order valence-corrected chi connectivity index (χ0v) is 29.3. The second kappa shape index (κ2) is 14.1.